The number of hydrogen-bond donors (Lipinski definition) is 1. The van der Waals surface area contributed by atoms with E-state index in [1.165, 1.54) is 0 Å². The van der Waals surface area contributed by atoms with Gasteiger partial charge in [0.2, 0.25) is 0 Å². The van der Waals surface area contributed by atoms with Crippen molar-refractivity contribution >= 4 is 31.7 Å². The van der Waals surface area contributed by atoms with Crippen LogP contribution in [0.5, 0.6) is 0 Å². The van der Waals surface area contributed by atoms with Crippen molar-refractivity contribution in [1.29, 1.82) is 0 Å². The maximum Gasteiger partial charge on any atom is 0.267 e. The molecule has 0 radical (unpaired) electrons. The Labute approximate surface area is 126 Å². The molecule has 2 heterocycles. The lowest BCUT2D eigenvalue weighted by atomic mass is 10.1. The SMILES string of the molecule is O=C(NCC1CCS(=O)(=O)C1)c1cc(Br)cn1C1CC1. The molecule has 7 heteroatoms. The second kappa shape index (κ2) is 5.18. The molecule has 0 bridgehead atoms. The van der Waals surface area contributed by atoms with E-state index < -0.39 is 9.84 Å². The van der Waals surface area contributed by atoms with E-state index in [1.807, 2.05) is 16.8 Å². The van der Waals surface area contributed by atoms with E-state index in [-0.39, 0.29) is 23.3 Å². The molecule has 1 N–H and O–H groups in total. The zero-order valence-electron chi connectivity index (χ0n) is 11.0. The minimum Gasteiger partial charge on any atom is -0.350 e. The van der Waals surface area contributed by atoms with Gasteiger partial charge in [0.25, 0.3) is 5.91 Å². The van der Waals surface area contributed by atoms with Gasteiger partial charge in [-0.2, -0.15) is 0 Å². The summed E-state index contributed by atoms with van der Waals surface area (Å²) in [5, 5.41) is 2.87. The molecular weight excluding hydrogens is 344 g/mol. The molecule has 1 amide bonds. The Bertz CT molecular complexity index is 634. The molecule has 1 atom stereocenters. The molecule has 2 aliphatic rings. The Morgan fingerprint density at radius 1 is 1.40 bits per heavy atom. The molecule has 1 aromatic rings. The van der Waals surface area contributed by atoms with Gasteiger partial charge in [-0.1, -0.05) is 0 Å². The summed E-state index contributed by atoms with van der Waals surface area (Å²) in [7, 11) is -2.88. The van der Waals surface area contributed by atoms with E-state index in [4.69, 9.17) is 0 Å². The molecule has 1 aliphatic heterocycles. The fraction of sp³-hybridized carbons (Fsp3) is 0.615. The monoisotopic (exact) mass is 360 g/mol. The third-order valence-corrected chi connectivity index (χ3v) is 6.14. The molecule has 0 aromatic carbocycles. The number of rotatable bonds is 4. The van der Waals surface area contributed by atoms with Gasteiger partial charge in [0, 0.05) is 23.3 Å². The Balaban J connectivity index is 1.62. The normalized spacial score (nSPS) is 24.8. The lowest BCUT2D eigenvalue weighted by molar-refractivity contribution is 0.0939. The van der Waals surface area contributed by atoms with Crippen LogP contribution in [0.2, 0.25) is 0 Å². The van der Waals surface area contributed by atoms with E-state index in [1.54, 1.807) is 0 Å². The van der Waals surface area contributed by atoms with Crippen molar-refractivity contribution in [3.63, 3.8) is 0 Å². The number of carbonyl (C=O) groups is 1. The predicted octanol–water partition coefficient (Wildman–Crippen LogP) is 1.75. The molecule has 5 nitrogen and oxygen atoms in total. The first-order chi connectivity index (χ1) is 9.44. The molecule has 1 unspecified atom stereocenters. The molecule has 1 saturated carbocycles. The topological polar surface area (TPSA) is 68.2 Å². The quantitative estimate of drug-likeness (QED) is 0.889. The number of hydrogen-bond acceptors (Lipinski definition) is 3. The highest BCUT2D eigenvalue weighted by Crippen LogP contribution is 2.37. The Morgan fingerprint density at radius 2 is 2.15 bits per heavy atom. The second-order valence-electron chi connectivity index (χ2n) is 5.66. The van der Waals surface area contributed by atoms with Crippen molar-refractivity contribution in [3.8, 4) is 0 Å². The minimum absolute atomic E-state index is 0.0525. The lowest BCUT2D eigenvalue weighted by Crippen LogP contribution is -2.31. The van der Waals surface area contributed by atoms with Gasteiger partial charge < -0.3 is 9.88 Å². The van der Waals surface area contributed by atoms with Crippen LogP contribution in [-0.4, -0.2) is 36.9 Å². The van der Waals surface area contributed by atoms with E-state index >= 15 is 0 Å². The number of sulfone groups is 1. The molecule has 1 saturated heterocycles. The van der Waals surface area contributed by atoms with Crippen molar-refractivity contribution in [1.82, 2.24) is 9.88 Å². The lowest BCUT2D eigenvalue weighted by Gasteiger charge is -2.11. The van der Waals surface area contributed by atoms with E-state index in [9.17, 15) is 13.2 Å². The van der Waals surface area contributed by atoms with Crippen LogP contribution >= 0.6 is 15.9 Å². The number of aromatic nitrogens is 1. The van der Waals surface area contributed by atoms with Gasteiger partial charge in [-0.15, -0.1) is 0 Å². The zero-order chi connectivity index (χ0) is 14.3. The van der Waals surface area contributed by atoms with Gasteiger partial charge in [-0.05, 0) is 47.2 Å². The number of carbonyl (C=O) groups excluding carboxylic acids is 1. The first kappa shape index (κ1) is 14.1. The summed E-state index contributed by atoms with van der Waals surface area (Å²) in [5.41, 5.74) is 0.653. The smallest absolute Gasteiger partial charge is 0.267 e. The van der Waals surface area contributed by atoms with Crippen LogP contribution in [0.4, 0.5) is 0 Å². The molecule has 1 aliphatic carbocycles. The molecule has 2 fully saturated rings. The van der Waals surface area contributed by atoms with E-state index in [0.29, 0.717) is 24.7 Å². The average Bonchev–Trinajstić information content (AvgIpc) is 3.06. The molecule has 0 spiro atoms. The third-order valence-electron chi connectivity index (χ3n) is 3.87. The number of nitrogens with one attached hydrogen (secondary N) is 1. The van der Waals surface area contributed by atoms with Crippen molar-refractivity contribution in [2.75, 3.05) is 18.1 Å². The summed E-state index contributed by atoms with van der Waals surface area (Å²) in [5.74, 6) is 0.377. The largest absolute Gasteiger partial charge is 0.350 e. The van der Waals surface area contributed by atoms with Crippen LogP contribution in [-0.2, 0) is 9.84 Å². The summed E-state index contributed by atoms with van der Waals surface area (Å²) < 4.78 is 25.7. The number of halogens is 1. The van der Waals surface area contributed by atoms with Crippen molar-refractivity contribution in [2.45, 2.75) is 25.3 Å². The summed E-state index contributed by atoms with van der Waals surface area (Å²) in [6.07, 6.45) is 4.81. The maximum absolute atomic E-state index is 12.2. The number of amides is 1. The van der Waals surface area contributed by atoms with Crippen molar-refractivity contribution in [3.05, 3.63) is 22.4 Å². The van der Waals surface area contributed by atoms with Gasteiger partial charge in [0.15, 0.2) is 9.84 Å². The average molecular weight is 361 g/mol. The van der Waals surface area contributed by atoms with Crippen molar-refractivity contribution < 1.29 is 13.2 Å². The summed E-state index contributed by atoms with van der Waals surface area (Å²) in [4.78, 5) is 12.2. The Morgan fingerprint density at radius 3 is 2.75 bits per heavy atom. The predicted molar refractivity (Wildman–Crippen MR) is 79.5 cm³/mol. The zero-order valence-corrected chi connectivity index (χ0v) is 13.4. The molecular formula is C13H17BrN2O3S. The summed E-state index contributed by atoms with van der Waals surface area (Å²) >= 11 is 3.40. The Hall–Kier alpha value is -0.820. The second-order valence-corrected chi connectivity index (χ2v) is 8.81. The summed E-state index contributed by atoms with van der Waals surface area (Å²) in [6, 6.07) is 2.26. The van der Waals surface area contributed by atoms with Crippen LogP contribution in [0.3, 0.4) is 0 Å². The number of nitrogens with zero attached hydrogens (tertiary/aromatic N) is 1. The minimum atomic E-state index is -2.88. The summed E-state index contributed by atoms with van der Waals surface area (Å²) in [6.45, 7) is 0.436. The van der Waals surface area contributed by atoms with E-state index in [0.717, 1.165) is 17.3 Å². The van der Waals surface area contributed by atoms with Crippen molar-refractivity contribution in [2.24, 2.45) is 5.92 Å². The van der Waals surface area contributed by atoms with Crippen LogP contribution in [0.15, 0.2) is 16.7 Å². The first-order valence-electron chi connectivity index (χ1n) is 6.80. The van der Waals surface area contributed by atoms with Crippen LogP contribution in [0.25, 0.3) is 0 Å². The highest BCUT2D eigenvalue weighted by atomic mass is 79.9. The standard InChI is InChI=1S/C13H17BrN2O3S/c14-10-5-12(16(7-10)11-1-2-11)13(17)15-6-9-3-4-20(18,19)8-9/h5,7,9,11H,1-4,6,8H2,(H,15,17). The Kier molecular flexibility index (Phi) is 3.66. The fourth-order valence-electron chi connectivity index (χ4n) is 2.64. The van der Waals surface area contributed by atoms with Gasteiger partial charge in [0.1, 0.15) is 5.69 Å². The first-order valence-corrected chi connectivity index (χ1v) is 9.42. The van der Waals surface area contributed by atoms with E-state index in [2.05, 4.69) is 21.2 Å². The van der Waals surface area contributed by atoms with Gasteiger partial charge >= 0.3 is 0 Å². The van der Waals surface area contributed by atoms with Gasteiger partial charge in [0.05, 0.1) is 11.5 Å². The molecule has 20 heavy (non-hydrogen) atoms. The van der Waals surface area contributed by atoms with Gasteiger partial charge in [-0.3, -0.25) is 4.79 Å². The van der Waals surface area contributed by atoms with Crippen LogP contribution in [0, 0.1) is 5.92 Å². The third kappa shape index (κ3) is 3.09. The highest BCUT2D eigenvalue weighted by Gasteiger charge is 2.30. The molecule has 1 aromatic heterocycles. The fourth-order valence-corrected chi connectivity index (χ4v) is 4.94. The van der Waals surface area contributed by atoms with Crippen LogP contribution < -0.4 is 5.32 Å². The highest BCUT2D eigenvalue weighted by molar-refractivity contribution is 9.10. The van der Waals surface area contributed by atoms with Gasteiger partial charge in [-0.25, -0.2) is 8.42 Å². The van der Waals surface area contributed by atoms with Crippen LogP contribution in [0.1, 0.15) is 35.8 Å². The molecule has 3 rings (SSSR count). The molecule has 110 valence electrons. The maximum atomic E-state index is 12.2.